The number of rotatable bonds is 6. The van der Waals surface area contributed by atoms with Crippen LogP contribution in [0.15, 0.2) is 30.3 Å². The average Bonchev–Trinajstić information content (AvgIpc) is 2.34. The molecule has 0 saturated carbocycles. The molecule has 2 atom stereocenters. The van der Waals surface area contributed by atoms with Crippen LogP contribution in [0, 0.1) is 5.41 Å². The van der Waals surface area contributed by atoms with E-state index in [4.69, 9.17) is 0 Å². The molecule has 0 unspecified atom stereocenters. The van der Waals surface area contributed by atoms with E-state index < -0.39 is 0 Å². The van der Waals surface area contributed by atoms with Gasteiger partial charge in [-0.3, -0.25) is 4.79 Å². The van der Waals surface area contributed by atoms with Gasteiger partial charge in [0.2, 0.25) is 5.91 Å². The summed E-state index contributed by atoms with van der Waals surface area (Å²) < 4.78 is 0. The third kappa shape index (κ3) is 6.74. The predicted octanol–water partition coefficient (Wildman–Crippen LogP) is 4.51. The first-order valence-electron chi connectivity index (χ1n) is 7.62. The molecule has 1 N–H and O–H groups in total. The average molecular weight is 275 g/mol. The Morgan fingerprint density at radius 3 is 2.25 bits per heavy atom. The molecule has 0 fully saturated rings. The van der Waals surface area contributed by atoms with Crippen LogP contribution in [0.25, 0.3) is 0 Å². The third-order valence-corrected chi connectivity index (χ3v) is 3.50. The van der Waals surface area contributed by atoms with Crippen LogP contribution in [0.2, 0.25) is 0 Å². The molecule has 0 saturated heterocycles. The maximum atomic E-state index is 11.9. The fourth-order valence-corrected chi connectivity index (χ4v) is 2.33. The summed E-state index contributed by atoms with van der Waals surface area (Å²) in [5, 5.41) is 3.10. The van der Waals surface area contributed by atoms with Crippen LogP contribution in [0.4, 0.5) is 0 Å². The van der Waals surface area contributed by atoms with Crippen molar-refractivity contribution in [2.75, 3.05) is 0 Å². The van der Waals surface area contributed by atoms with Crippen LogP contribution in [0.5, 0.6) is 0 Å². The Bertz CT molecular complexity index is 405. The van der Waals surface area contributed by atoms with E-state index in [1.54, 1.807) is 0 Å². The summed E-state index contributed by atoms with van der Waals surface area (Å²) in [5.41, 5.74) is 1.43. The first-order chi connectivity index (χ1) is 9.28. The first-order valence-corrected chi connectivity index (χ1v) is 7.62. The summed E-state index contributed by atoms with van der Waals surface area (Å²) in [4.78, 5) is 11.9. The Balaban J connectivity index is 2.33. The molecule has 0 aliphatic rings. The highest BCUT2D eigenvalue weighted by molar-refractivity contribution is 5.76. The van der Waals surface area contributed by atoms with Crippen molar-refractivity contribution in [1.82, 2.24) is 5.32 Å². The van der Waals surface area contributed by atoms with Crippen LogP contribution in [-0.4, -0.2) is 11.9 Å². The summed E-state index contributed by atoms with van der Waals surface area (Å²) >= 11 is 0. The molecule has 0 spiro atoms. The molecular weight excluding hydrogens is 246 g/mol. The van der Waals surface area contributed by atoms with E-state index in [1.807, 2.05) is 6.07 Å². The quantitative estimate of drug-likeness (QED) is 0.813. The van der Waals surface area contributed by atoms with E-state index >= 15 is 0 Å². The highest BCUT2D eigenvalue weighted by atomic mass is 16.1. The minimum atomic E-state index is 0.0567. The number of amides is 1. The monoisotopic (exact) mass is 275 g/mol. The smallest absolute Gasteiger partial charge is 0.220 e. The summed E-state index contributed by atoms with van der Waals surface area (Å²) in [6.07, 6.45) is 2.71. The SMILES string of the molecule is C[C@@H](CC[C@H](C)c1ccccc1)NC(=O)CC(C)(C)C. The van der Waals surface area contributed by atoms with Gasteiger partial charge in [0, 0.05) is 12.5 Å². The molecule has 0 aromatic heterocycles. The normalized spacial score (nSPS) is 14.7. The number of carbonyl (C=O) groups excluding carboxylic acids is 1. The highest BCUT2D eigenvalue weighted by Crippen LogP contribution is 2.21. The lowest BCUT2D eigenvalue weighted by molar-refractivity contribution is -0.123. The topological polar surface area (TPSA) is 29.1 Å². The van der Waals surface area contributed by atoms with Crippen molar-refractivity contribution in [3.8, 4) is 0 Å². The molecular formula is C18H29NO. The molecule has 0 radical (unpaired) electrons. The van der Waals surface area contributed by atoms with E-state index in [-0.39, 0.29) is 17.4 Å². The molecule has 20 heavy (non-hydrogen) atoms. The summed E-state index contributed by atoms with van der Waals surface area (Å²) in [5.74, 6) is 0.704. The van der Waals surface area contributed by atoms with Crippen molar-refractivity contribution >= 4 is 5.91 Å². The van der Waals surface area contributed by atoms with E-state index in [0.717, 1.165) is 12.8 Å². The minimum Gasteiger partial charge on any atom is -0.354 e. The van der Waals surface area contributed by atoms with Crippen LogP contribution >= 0.6 is 0 Å². The molecule has 0 aliphatic heterocycles. The Labute approximate surface area is 124 Å². The summed E-state index contributed by atoms with van der Waals surface area (Å²) in [7, 11) is 0. The van der Waals surface area contributed by atoms with Gasteiger partial charge in [-0.05, 0) is 36.7 Å². The van der Waals surface area contributed by atoms with Gasteiger partial charge in [-0.2, -0.15) is 0 Å². The molecule has 0 heterocycles. The molecule has 1 aromatic carbocycles. The lowest BCUT2D eigenvalue weighted by Crippen LogP contribution is -2.34. The lowest BCUT2D eigenvalue weighted by Gasteiger charge is -2.21. The number of hydrogen-bond acceptors (Lipinski definition) is 1. The standard InChI is InChI=1S/C18H29NO/c1-14(16-9-7-6-8-10-16)11-12-15(2)19-17(20)13-18(3,4)5/h6-10,14-15H,11-13H2,1-5H3,(H,19,20)/t14-,15-/m0/s1. The number of benzene rings is 1. The summed E-state index contributed by atoms with van der Waals surface area (Å²) in [6, 6.07) is 10.8. The highest BCUT2D eigenvalue weighted by Gasteiger charge is 2.17. The van der Waals surface area contributed by atoms with Gasteiger partial charge in [-0.25, -0.2) is 0 Å². The molecule has 2 nitrogen and oxygen atoms in total. The zero-order valence-corrected chi connectivity index (χ0v) is 13.6. The van der Waals surface area contributed by atoms with Crippen LogP contribution in [0.3, 0.4) is 0 Å². The van der Waals surface area contributed by atoms with E-state index in [1.165, 1.54) is 5.56 Å². The van der Waals surface area contributed by atoms with E-state index in [2.05, 4.69) is 64.2 Å². The van der Waals surface area contributed by atoms with Crippen molar-refractivity contribution in [1.29, 1.82) is 0 Å². The van der Waals surface area contributed by atoms with Gasteiger partial charge < -0.3 is 5.32 Å². The van der Waals surface area contributed by atoms with E-state index in [9.17, 15) is 4.79 Å². The fraction of sp³-hybridized carbons (Fsp3) is 0.611. The maximum Gasteiger partial charge on any atom is 0.220 e. The minimum absolute atomic E-state index is 0.0567. The zero-order valence-electron chi connectivity index (χ0n) is 13.6. The van der Waals surface area contributed by atoms with E-state index in [0.29, 0.717) is 12.3 Å². The second-order valence-electron chi connectivity index (χ2n) is 7.10. The Hall–Kier alpha value is -1.31. The largest absolute Gasteiger partial charge is 0.354 e. The molecule has 1 amide bonds. The van der Waals surface area contributed by atoms with Gasteiger partial charge in [0.1, 0.15) is 0 Å². The number of hydrogen-bond donors (Lipinski definition) is 1. The molecule has 1 aromatic rings. The van der Waals surface area contributed by atoms with Gasteiger partial charge >= 0.3 is 0 Å². The Kier molecular flexibility index (Phi) is 6.25. The van der Waals surface area contributed by atoms with Crippen molar-refractivity contribution < 1.29 is 4.79 Å². The lowest BCUT2D eigenvalue weighted by atomic mass is 9.91. The number of nitrogens with one attached hydrogen (secondary N) is 1. The summed E-state index contributed by atoms with van der Waals surface area (Å²) in [6.45, 7) is 10.6. The molecule has 112 valence electrons. The van der Waals surface area contributed by atoms with Gasteiger partial charge in [0.15, 0.2) is 0 Å². The molecule has 2 heteroatoms. The Morgan fingerprint density at radius 1 is 1.10 bits per heavy atom. The molecule has 0 aliphatic carbocycles. The Morgan fingerprint density at radius 2 is 1.70 bits per heavy atom. The maximum absolute atomic E-state index is 11.9. The fourth-order valence-electron chi connectivity index (χ4n) is 2.33. The number of carbonyl (C=O) groups is 1. The van der Waals surface area contributed by atoms with Gasteiger partial charge in [-0.1, -0.05) is 58.0 Å². The van der Waals surface area contributed by atoms with Crippen molar-refractivity contribution in [3.63, 3.8) is 0 Å². The van der Waals surface area contributed by atoms with Crippen LogP contribution in [0.1, 0.15) is 65.4 Å². The van der Waals surface area contributed by atoms with Crippen LogP contribution in [-0.2, 0) is 4.79 Å². The van der Waals surface area contributed by atoms with Crippen LogP contribution < -0.4 is 5.32 Å². The molecule has 1 rings (SSSR count). The second-order valence-corrected chi connectivity index (χ2v) is 7.10. The van der Waals surface area contributed by atoms with Crippen molar-refractivity contribution in [2.24, 2.45) is 5.41 Å². The second kappa shape index (κ2) is 7.47. The first kappa shape index (κ1) is 16.7. The molecule has 0 bridgehead atoms. The van der Waals surface area contributed by atoms with Crippen molar-refractivity contribution in [3.05, 3.63) is 35.9 Å². The van der Waals surface area contributed by atoms with Gasteiger partial charge in [-0.15, -0.1) is 0 Å². The zero-order chi connectivity index (χ0) is 15.2. The predicted molar refractivity (Wildman–Crippen MR) is 85.8 cm³/mol. The van der Waals surface area contributed by atoms with Gasteiger partial charge in [0.25, 0.3) is 0 Å². The van der Waals surface area contributed by atoms with Gasteiger partial charge in [0.05, 0.1) is 0 Å². The van der Waals surface area contributed by atoms with Crippen molar-refractivity contribution in [2.45, 2.75) is 65.8 Å². The third-order valence-electron chi connectivity index (χ3n) is 3.50.